The van der Waals surface area contributed by atoms with Crippen LogP contribution in [0.25, 0.3) is 0 Å². The number of rotatable bonds is 5. The molecule has 0 radical (unpaired) electrons. The van der Waals surface area contributed by atoms with Crippen LogP contribution in [0.15, 0.2) is 11.2 Å². The number of aromatic nitrogens is 2. The molecule has 0 saturated carbocycles. The van der Waals surface area contributed by atoms with Gasteiger partial charge in [-0.05, 0) is 19.1 Å². The first-order valence-corrected chi connectivity index (χ1v) is 6.63. The molecule has 0 spiro atoms. The molecule has 0 saturated heterocycles. The quantitative estimate of drug-likeness (QED) is 0.484. The summed E-state index contributed by atoms with van der Waals surface area (Å²) in [6.07, 6.45) is 1.90. The summed E-state index contributed by atoms with van der Waals surface area (Å²) in [6.45, 7) is 4.11. The zero-order valence-corrected chi connectivity index (χ0v) is 11.1. The Labute approximate surface area is 105 Å². The van der Waals surface area contributed by atoms with Crippen molar-refractivity contribution in [3.05, 3.63) is 11.2 Å². The Morgan fingerprint density at radius 1 is 1.50 bits per heavy atom. The van der Waals surface area contributed by atoms with Gasteiger partial charge in [0, 0.05) is 18.7 Å². The molecule has 90 valence electrons. The van der Waals surface area contributed by atoms with Gasteiger partial charge in [-0.2, -0.15) is 0 Å². The first-order chi connectivity index (χ1) is 7.56. The van der Waals surface area contributed by atoms with Gasteiger partial charge in [0.05, 0.1) is 0 Å². The SMILES string of the molecule is CSc1nc(Cl)cc(NC(C)C(C)CO)n1. The average molecular weight is 262 g/mol. The van der Waals surface area contributed by atoms with Crippen LogP contribution in [0.4, 0.5) is 5.82 Å². The molecule has 0 aliphatic heterocycles. The summed E-state index contributed by atoms with van der Waals surface area (Å²) in [4.78, 5) is 8.34. The standard InChI is InChI=1S/C10H16ClN3OS/c1-6(5-15)7(2)12-9-4-8(11)13-10(14-9)16-3/h4,6-7,15H,5H2,1-3H3,(H,12,13,14). The van der Waals surface area contributed by atoms with Gasteiger partial charge in [0.25, 0.3) is 0 Å². The van der Waals surface area contributed by atoms with Gasteiger partial charge >= 0.3 is 0 Å². The van der Waals surface area contributed by atoms with Crippen LogP contribution in [0.3, 0.4) is 0 Å². The number of hydrogen-bond donors (Lipinski definition) is 2. The first-order valence-electron chi connectivity index (χ1n) is 5.02. The minimum Gasteiger partial charge on any atom is -0.396 e. The van der Waals surface area contributed by atoms with E-state index in [2.05, 4.69) is 15.3 Å². The van der Waals surface area contributed by atoms with Crippen LogP contribution in [0.2, 0.25) is 5.15 Å². The second-order valence-corrected chi connectivity index (χ2v) is 4.82. The summed E-state index contributed by atoms with van der Waals surface area (Å²) < 4.78 is 0. The summed E-state index contributed by atoms with van der Waals surface area (Å²) in [5, 5.41) is 13.3. The molecule has 0 amide bonds. The van der Waals surface area contributed by atoms with E-state index >= 15 is 0 Å². The molecule has 2 unspecified atom stereocenters. The van der Waals surface area contributed by atoms with Crippen LogP contribution < -0.4 is 5.32 Å². The molecule has 1 heterocycles. The molecule has 16 heavy (non-hydrogen) atoms. The highest BCUT2D eigenvalue weighted by atomic mass is 35.5. The molecule has 6 heteroatoms. The number of hydrogen-bond acceptors (Lipinski definition) is 5. The van der Waals surface area contributed by atoms with Gasteiger partial charge in [-0.25, -0.2) is 9.97 Å². The van der Waals surface area contributed by atoms with Crippen molar-refractivity contribution in [2.24, 2.45) is 5.92 Å². The molecule has 2 N–H and O–H groups in total. The number of anilines is 1. The highest BCUT2D eigenvalue weighted by Gasteiger charge is 2.12. The van der Waals surface area contributed by atoms with Crippen molar-refractivity contribution in [3.8, 4) is 0 Å². The predicted molar refractivity (Wildman–Crippen MR) is 68.2 cm³/mol. The summed E-state index contributed by atoms with van der Waals surface area (Å²) in [5.41, 5.74) is 0. The molecular formula is C10H16ClN3OS. The van der Waals surface area contributed by atoms with Crippen molar-refractivity contribution in [1.82, 2.24) is 9.97 Å². The highest BCUT2D eigenvalue weighted by Crippen LogP contribution is 2.18. The van der Waals surface area contributed by atoms with Crippen LogP contribution in [0.1, 0.15) is 13.8 Å². The second kappa shape index (κ2) is 6.27. The van der Waals surface area contributed by atoms with Crippen molar-refractivity contribution in [1.29, 1.82) is 0 Å². The summed E-state index contributed by atoms with van der Waals surface area (Å²) in [7, 11) is 0. The Bertz CT molecular complexity index is 351. The number of thioether (sulfide) groups is 1. The second-order valence-electron chi connectivity index (χ2n) is 3.66. The number of aliphatic hydroxyl groups excluding tert-OH is 1. The molecular weight excluding hydrogens is 246 g/mol. The van der Waals surface area contributed by atoms with Crippen LogP contribution in [-0.2, 0) is 0 Å². The van der Waals surface area contributed by atoms with Crippen molar-refractivity contribution >= 4 is 29.2 Å². The van der Waals surface area contributed by atoms with Crippen LogP contribution >= 0.6 is 23.4 Å². The third kappa shape index (κ3) is 3.81. The summed E-state index contributed by atoms with van der Waals surface area (Å²) in [6, 6.07) is 1.81. The normalized spacial score (nSPS) is 14.6. The maximum atomic E-state index is 9.04. The van der Waals surface area contributed by atoms with E-state index in [1.807, 2.05) is 20.1 Å². The topological polar surface area (TPSA) is 58.0 Å². The van der Waals surface area contributed by atoms with Gasteiger partial charge in [0.2, 0.25) is 0 Å². The van der Waals surface area contributed by atoms with Crippen molar-refractivity contribution in [2.75, 3.05) is 18.2 Å². The maximum absolute atomic E-state index is 9.04. The number of aliphatic hydroxyl groups is 1. The molecule has 0 fully saturated rings. The van der Waals surface area contributed by atoms with E-state index in [0.717, 1.165) is 0 Å². The van der Waals surface area contributed by atoms with E-state index in [9.17, 15) is 0 Å². The zero-order chi connectivity index (χ0) is 12.1. The van der Waals surface area contributed by atoms with E-state index in [-0.39, 0.29) is 18.6 Å². The van der Waals surface area contributed by atoms with Gasteiger partial charge in [-0.15, -0.1) is 0 Å². The van der Waals surface area contributed by atoms with Gasteiger partial charge in [-0.1, -0.05) is 30.3 Å². The van der Waals surface area contributed by atoms with E-state index in [1.54, 1.807) is 6.07 Å². The molecule has 0 aliphatic rings. The molecule has 2 atom stereocenters. The van der Waals surface area contributed by atoms with Crippen LogP contribution in [0.5, 0.6) is 0 Å². The molecule has 4 nitrogen and oxygen atoms in total. The van der Waals surface area contributed by atoms with E-state index < -0.39 is 0 Å². The molecule has 0 aromatic carbocycles. The fourth-order valence-corrected chi connectivity index (χ4v) is 1.71. The van der Waals surface area contributed by atoms with E-state index in [0.29, 0.717) is 16.1 Å². The number of nitrogens with one attached hydrogen (secondary N) is 1. The van der Waals surface area contributed by atoms with Crippen molar-refractivity contribution < 1.29 is 5.11 Å². The van der Waals surface area contributed by atoms with E-state index in [4.69, 9.17) is 16.7 Å². The zero-order valence-electron chi connectivity index (χ0n) is 9.57. The lowest BCUT2D eigenvalue weighted by molar-refractivity contribution is 0.226. The minimum absolute atomic E-state index is 0.130. The van der Waals surface area contributed by atoms with Crippen LogP contribution in [-0.4, -0.2) is 34.0 Å². The first kappa shape index (κ1) is 13.5. The molecule has 1 rings (SSSR count). The molecule has 0 bridgehead atoms. The van der Waals surface area contributed by atoms with Gasteiger partial charge in [-0.3, -0.25) is 0 Å². The third-order valence-electron chi connectivity index (χ3n) is 2.37. The fourth-order valence-electron chi connectivity index (χ4n) is 1.10. The Kier molecular flexibility index (Phi) is 5.31. The van der Waals surface area contributed by atoms with Crippen molar-refractivity contribution in [2.45, 2.75) is 25.0 Å². The van der Waals surface area contributed by atoms with Crippen molar-refractivity contribution in [3.63, 3.8) is 0 Å². The lowest BCUT2D eigenvalue weighted by Crippen LogP contribution is -2.26. The van der Waals surface area contributed by atoms with Gasteiger partial charge in [0.15, 0.2) is 5.16 Å². The Morgan fingerprint density at radius 2 is 2.19 bits per heavy atom. The maximum Gasteiger partial charge on any atom is 0.190 e. The monoisotopic (exact) mass is 261 g/mol. The molecule has 0 aliphatic carbocycles. The number of nitrogens with zero attached hydrogens (tertiary/aromatic N) is 2. The lowest BCUT2D eigenvalue weighted by atomic mass is 10.1. The summed E-state index contributed by atoms with van der Waals surface area (Å²) in [5.74, 6) is 0.851. The fraction of sp³-hybridized carbons (Fsp3) is 0.600. The minimum atomic E-state index is 0.130. The average Bonchev–Trinajstić information content (AvgIpc) is 2.26. The lowest BCUT2D eigenvalue weighted by Gasteiger charge is -2.19. The van der Waals surface area contributed by atoms with E-state index in [1.165, 1.54) is 11.8 Å². The Morgan fingerprint density at radius 3 is 2.75 bits per heavy atom. The third-order valence-corrected chi connectivity index (χ3v) is 3.12. The largest absolute Gasteiger partial charge is 0.396 e. The Hall–Kier alpha value is -0.520. The molecule has 1 aromatic rings. The highest BCUT2D eigenvalue weighted by molar-refractivity contribution is 7.98. The Balaban J connectivity index is 2.76. The van der Waals surface area contributed by atoms with Crippen LogP contribution in [0, 0.1) is 5.92 Å². The smallest absolute Gasteiger partial charge is 0.190 e. The number of halogens is 1. The summed E-state index contributed by atoms with van der Waals surface area (Å²) >= 11 is 7.31. The molecule has 1 aromatic heterocycles. The van der Waals surface area contributed by atoms with Gasteiger partial charge in [0.1, 0.15) is 11.0 Å². The predicted octanol–water partition coefficient (Wildman–Crippen LogP) is 2.28. The van der Waals surface area contributed by atoms with Gasteiger partial charge < -0.3 is 10.4 Å².